The van der Waals surface area contributed by atoms with Crippen molar-refractivity contribution in [2.45, 2.75) is 19.3 Å². The van der Waals surface area contributed by atoms with E-state index in [1.807, 2.05) is 0 Å². The minimum atomic E-state index is -0.152. The van der Waals surface area contributed by atoms with Gasteiger partial charge < -0.3 is 4.90 Å². The second-order valence-corrected chi connectivity index (χ2v) is 13.4. The standard InChI is InChI=1S/C47H35N/c1-47(2)42-28-23-38(33-14-7-4-8-15-33)31-41(42)46-44(29-24-36-18-11-19-43(47)45(36)46)48(40-27-22-34-16-9-10-17-37(34)30-40)39-25-20-35(21-26-39)32-12-5-3-6-13-32/h3-31H,1-2H3. The van der Waals surface area contributed by atoms with Crippen LogP contribution in [0.1, 0.15) is 25.0 Å². The molecule has 228 valence electrons. The van der Waals surface area contributed by atoms with E-state index in [4.69, 9.17) is 0 Å². The van der Waals surface area contributed by atoms with Crippen molar-refractivity contribution in [3.05, 3.63) is 187 Å². The van der Waals surface area contributed by atoms with Crippen molar-refractivity contribution in [1.29, 1.82) is 0 Å². The molecule has 1 aliphatic carbocycles. The molecule has 0 saturated carbocycles. The first-order valence-corrected chi connectivity index (χ1v) is 16.8. The van der Waals surface area contributed by atoms with Gasteiger partial charge in [0.2, 0.25) is 0 Å². The number of benzene rings is 8. The van der Waals surface area contributed by atoms with Gasteiger partial charge in [-0.25, -0.2) is 0 Å². The van der Waals surface area contributed by atoms with E-state index >= 15 is 0 Å². The highest BCUT2D eigenvalue weighted by atomic mass is 15.1. The Labute approximate surface area is 282 Å². The molecule has 0 unspecified atom stereocenters. The molecule has 0 amide bonds. The summed E-state index contributed by atoms with van der Waals surface area (Å²) in [6.07, 6.45) is 0. The Kier molecular flexibility index (Phi) is 6.55. The van der Waals surface area contributed by atoms with Gasteiger partial charge in [-0.15, -0.1) is 0 Å². The average molecular weight is 614 g/mol. The minimum absolute atomic E-state index is 0.152. The van der Waals surface area contributed by atoms with Crippen LogP contribution in [0.15, 0.2) is 176 Å². The van der Waals surface area contributed by atoms with Crippen molar-refractivity contribution in [3.8, 4) is 33.4 Å². The summed E-state index contributed by atoms with van der Waals surface area (Å²) >= 11 is 0. The molecule has 0 N–H and O–H groups in total. The van der Waals surface area contributed by atoms with Crippen LogP contribution in [0.3, 0.4) is 0 Å². The van der Waals surface area contributed by atoms with Gasteiger partial charge in [-0.3, -0.25) is 0 Å². The Bertz CT molecular complexity index is 2460. The molecular formula is C47H35N. The predicted octanol–water partition coefficient (Wildman–Crippen LogP) is 13.1. The first-order valence-electron chi connectivity index (χ1n) is 16.8. The number of hydrogen-bond acceptors (Lipinski definition) is 1. The van der Waals surface area contributed by atoms with Gasteiger partial charge in [0.05, 0.1) is 5.69 Å². The number of nitrogens with zero attached hydrogens (tertiary/aromatic N) is 1. The van der Waals surface area contributed by atoms with Crippen LogP contribution in [0.4, 0.5) is 17.1 Å². The Morgan fingerprint density at radius 3 is 1.73 bits per heavy atom. The third kappa shape index (κ3) is 4.54. The summed E-state index contributed by atoms with van der Waals surface area (Å²) in [5.74, 6) is 0. The third-order valence-corrected chi connectivity index (χ3v) is 10.2. The molecule has 0 radical (unpaired) electrons. The van der Waals surface area contributed by atoms with Crippen molar-refractivity contribution in [2.75, 3.05) is 4.90 Å². The monoisotopic (exact) mass is 613 g/mol. The van der Waals surface area contributed by atoms with Crippen molar-refractivity contribution in [2.24, 2.45) is 0 Å². The normalized spacial score (nSPS) is 13.0. The van der Waals surface area contributed by atoms with Crippen LogP contribution in [-0.2, 0) is 5.41 Å². The lowest BCUT2D eigenvalue weighted by atomic mass is 9.67. The van der Waals surface area contributed by atoms with Crippen LogP contribution in [-0.4, -0.2) is 0 Å². The van der Waals surface area contributed by atoms with Gasteiger partial charge in [0.25, 0.3) is 0 Å². The summed E-state index contributed by atoms with van der Waals surface area (Å²) in [5.41, 5.74) is 13.5. The number of fused-ring (bicyclic) bond motifs is 3. The molecule has 0 aromatic heterocycles. The Morgan fingerprint density at radius 1 is 0.396 bits per heavy atom. The van der Waals surface area contributed by atoms with Gasteiger partial charge in [0.1, 0.15) is 0 Å². The maximum Gasteiger partial charge on any atom is 0.0546 e. The van der Waals surface area contributed by atoms with Crippen molar-refractivity contribution < 1.29 is 0 Å². The number of hydrogen-bond donors (Lipinski definition) is 0. The topological polar surface area (TPSA) is 3.24 Å². The molecule has 0 atom stereocenters. The number of rotatable bonds is 5. The van der Waals surface area contributed by atoms with Crippen LogP contribution in [0.2, 0.25) is 0 Å². The van der Waals surface area contributed by atoms with Crippen LogP contribution in [0.25, 0.3) is 54.9 Å². The quantitative estimate of drug-likeness (QED) is 0.187. The van der Waals surface area contributed by atoms with Gasteiger partial charge in [-0.05, 0) is 96.9 Å². The molecule has 1 heteroatoms. The minimum Gasteiger partial charge on any atom is -0.310 e. The molecule has 48 heavy (non-hydrogen) atoms. The largest absolute Gasteiger partial charge is 0.310 e. The molecular weight excluding hydrogens is 579 g/mol. The highest BCUT2D eigenvalue weighted by Crippen LogP contribution is 2.54. The van der Waals surface area contributed by atoms with E-state index in [-0.39, 0.29) is 5.41 Å². The molecule has 0 heterocycles. The second kappa shape index (κ2) is 11.1. The lowest BCUT2D eigenvalue weighted by Gasteiger charge is -2.38. The van der Waals surface area contributed by atoms with Crippen molar-refractivity contribution in [1.82, 2.24) is 0 Å². The molecule has 0 aliphatic heterocycles. The van der Waals surface area contributed by atoms with E-state index in [1.54, 1.807) is 0 Å². The van der Waals surface area contributed by atoms with Crippen LogP contribution < -0.4 is 4.90 Å². The van der Waals surface area contributed by atoms with E-state index in [1.165, 1.54) is 71.7 Å². The first kappa shape index (κ1) is 28.3. The summed E-state index contributed by atoms with van der Waals surface area (Å²) in [6.45, 7) is 4.75. The van der Waals surface area contributed by atoms with E-state index in [0.29, 0.717) is 0 Å². The smallest absolute Gasteiger partial charge is 0.0546 e. The Balaban J connectivity index is 1.34. The molecule has 0 spiro atoms. The van der Waals surface area contributed by atoms with Crippen LogP contribution in [0, 0.1) is 0 Å². The van der Waals surface area contributed by atoms with E-state index in [2.05, 4.69) is 195 Å². The lowest BCUT2D eigenvalue weighted by molar-refractivity contribution is 0.645. The van der Waals surface area contributed by atoms with E-state index in [0.717, 1.165) is 11.4 Å². The fourth-order valence-electron chi connectivity index (χ4n) is 7.78. The molecule has 0 fully saturated rings. The summed E-state index contributed by atoms with van der Waals surface area (Å²) in [5, 5.41) is 5.07. The summed E-state index contributed by atoms with van der Waals surface area (Å²) in [4.78, 5) is 2.46. The predicted molar refractivity (Wildman–Crippen MR) is 205 cm³/mol. The molecule has 9 rings (SSSR count). The fraction of sp³-hybridized carbons (Fsp3) is 0.0638. The zero-order valence-electron chi connectivity index (χ0n) is 27.2. The fourth-order valence-corrected chi connectivity index (χ4v) is 7.78. The van der Waals surface area contributed by atoms with Crippen molar-refractivity contribution in [3.63, 3.8) is 0 Å². The van der Waals surface area contributed by atoms with Crippen LogP contribution >= 0.6 is 0 Å². The van der Waals surface area contributed by atoms with Gasteiger partial charge >= 0.3 is 0 Å². The van der Waals surface area contributed by atoms with Crippen LogP contribution in [0.5, 0.6) is 0 Å². The maximum atomic E-state index is 2.46. The Morgan fingerprint density at radius 2 is 0.979 bits per heavy atom. The molecule has 8 aromatic rings. The van der Waals surface area contributed by atoms with E-state index < -0.39 is 0 Å². The highest BCUT2D eigenvalue weighted by Gasteiger charge is 2.35. The van der Waals surface area contributed by atoms with Gasteiger partial charge in [-0.2, -0.15) is 0 Å². The summed E-state index contributed by atoms with van der Waals surface area (Å²) in [6, 6.07) is 64.5. The van der Waals surface area contributed by atoms with Gasteiger partial charge in [-0.1, -0.05) is 153 Å². The second-order valence-electron chi connectivity index (χ2n) is 13.4. The first-order chi connectivity index (χ1) is 23.6. The summed E-state index contributed by atoms with van der Waals surface area (Å²) in [7, 11) is 0. The lowest BCUT2D eigenvalue weighted by Crippen LogP contribution is -2.24. The molecule has 1 nitrogen and oxygen atoms in total. The van der Waals surface area contributed by atoms with Gasteiger partial charge in [0, 0.05) is 22.4 Å². The maximum absolute atomic E-state index is 2.46. The molecule has 0 saturated heterocycles. The van der Waals surface area contributed by atoms with E-state index in [9.17, 15) is 0 Å². The zero-order chi connectivity index (χ0) is 32.2. The van der Waals surface area contributed by atoms with Crippen molar-refractivity contribution >= 4 is 38.6 Å². The highest BCUT2D eigenvalue weighted by molar-refractivity contribution is 6.10. The zero-order valence-corrected chi connectivity index (χ0v) is 27.2. The average Bonchev–Trinajstić information content (AvgIpc) is 3.15. The Hall–Kier alpha value is -5.92. The third-order valence-electron chi connectivity index (χ3n) is 10.2. The molecule has 0 bridgehead atoms. The SMILES string of the molecule is CC1(C)c2ccc(-c3ccccc3)cc2-c2c(N(c3ccc(-c4ccccc4)cc3)c3ccc4ccccc4c3)ccc3cccc1c23. The molecule has 1 aliphatic rings. The number of anilines is 3. The van der Waals surface area contributed by atoms with Gasteiger partial charge in [0.15, 0.2) is 0 Å². The molecule has 8 aromatic carbocycles. The summed E-state index contributed by atoms with van der Waals surface area (Å²) < 4.78 is 0.